The Morgan fingerprint density at radius 1 is 1.15 bits per heavy atom. The van der Waals surface area contributed by atoms with Crippen LogP contribution in [0.2, 0.25) is 0 Å². The average molecular weight is 382 g/mol. The summed E-state index contributed by atoms with van der Waals surface area (Å²) >= 11 is 0. The monoisotopic (exact) mass is 381 g/mol. The van der Waals surface area contributed by atoms with Gasteiger partial charge in [0, 0.05) is 25.3 Å². The predicted octanol–water partition coefficient (Wildman–Crippen LogP) is 2.78. The largest absolute Gasteiger partial charge is 0.325 e. The third-order valence-corrected chi connectivity index (χ3v) is 7.05. The van der Waals surface area contributed by atoms with Gasteiger partial charge in [-0.25, -0.2) is 8.42 Å². The summed E-state index contributed by atoms with van der Waals surface area (Å²) in [6.07, 6.45) is 5.11. The first kappa shape index (κ1) is 20.9. The van der Waals surface area contributed by atoms with Crippen LogP contribution in [0.1, 0.15) is 39.5 Å². The number of benzene rings is 1. The molecule has 1 N–H and O–H groups in total. The lowest BCUT2D eigenvalue weighted by Gasteiger charge is -2.21. The summed E-state index contributed by atoms with van der Waals surface area (Å²) in [7, 11) is 0.0294. The Labute approximate surface area is 157 Å². The van der Waals surface area contributed by atoms with Crippen LogP contribution in [0.3, 0.4) is 0 Å². The highest BCUT2D eigenvalue weighted by molar-refractivity contribution is 7.89. The molecule has 1 amide bonds. The number of carbonyl (C=O) groups is 1. The fraction of sp³-hybridized carbons (Fsp3) is 0.632. The van der Waals surface area contributed by atoms with Crippen LogP contribution in [0.5, 0.6) is 0 Å². The van der Waals surface area contributed by atoms with Crippen molar-refractivity contribution >= 4 is 21.6 Å². The fourth-order valence-electron chi connectivity index (χ4n) is 3.30. The van der Waals surface area contributed by atoms with Crippen molar-refractivity contribution in [2.45, 2.75) is 50.5 Å². The van der Waals surface area contributed by atoms with Gasteiger partial charge in [0.15, 0.2) is 0 Å². The number of rotatable bonds is 8. The highest BCUT2D eigenvalue weighted by Crippen LogP contribution is 2.25. The Bertz CT molecular complexity index is 695. The van der Waals surface area contributed by atoms with Gasteiger partial charge >= 0.3 is 0 Å². The molecule has 0 aromatic heterocycles. The van der Waals surface area contributed by atoms with Crippen molar-refractivity contribution in [2.24, 2.45) is 5.92 Å². The maximum atomic E-state index is 12.4. The number of amides is 1. The van der Waals surface area contributed by atoms with Crippen LogP contribution in [-0.4, -0.2) is 56.8 Å². The molecule has 1 aliphatic rings. The second-order valence-corrected chi connectivity index (χ2v) is 9.53. The van der Waals surface area contributed by atoms with Gasteiger partial charge in [-0.2, -0.15) is 4.31 Å². The third-order valence-electron chi connectivity index (χ3n) is 5.00. The van der Waals surface area contributed by atoms with Gasteiger partial charge in [-0.15, -0.1) is 0 Å². The lowest BCUT2D eigenvalue weighted by Crippen LogP contribution is -2.33. The summed E-state index contributed by atoms with van der Waals surface area (Å²) in [6, 6.07) is 6.22. The molecular weight excluding hydrogens is 350 g/mol. The van der Waals surface area contributed by atoms with Gasteiger partial charge in [-0.1, -0.05) is 12.8 Å². The zero-order valence-corrected chi connectivity index (χ0v) is 17.1. The van der Waals surface area contributed by atoms with Crippen molar-refractivity contribution in [1.29, 1.82) is 0 Å². The van der Waals surface area contributed by atoms with E-state index in [0.29, 0.717) is 18.2 Å². The average Bonchev–Trinajstić information content (AvgIpc) is 3.07. The Morgan fingerprint density at radius 3 is 2.27 bits per heavy atom. The summed E-state index contributed by atoms with van der Waals surface area (Å²) in [5.74, 6) is 0.621. The van der Waals surface area contributed by atoms with E-state index in [2.05, 4.69) is 10.2 Å². The smallest absolute Gasteiger partial charge is 0.243 e. The minimum Gasteiger partial charge on any atom is -0.325 e. The van der Waals surface area contributed by atoms with Crippen LogP contribution >= 0.6 is 0 Å². The lowest BCUT2D eigenvalue weighted by molar-refractivity contribution is -0.117. The Kier molecular flexibility index (Phi) is 7.20. The fourth-order valence-corrected chi connectivity index (χ4v) is 4.67. The topological polar surface area (TPSA) is 69.7 Å². The van der Waals surface area contributed by atoms with E-state index >= 15 is 0 Å². The second-order valence-electron chi connectivity index (χ2n) is 7.53. The van der Waals surface area contributed by atoms with E-state index in [1.807, 2.05) is 20.9 Å². The van der Waals surface area contributed by atoms with Crippen molar-refractivity contribution in [3.05, 3.63) is 24.3 Å². The Balaban J connectivity index is 1.90. The second kappa shape index (κ2) is 8.97. The zero-order chi connectivity index (χ0) is 19.3. The minimum atomic E-state index is -3.50. The van der Waals surface area contributed by atoms with E-state index in [1.165, 1.54) is 42.1 Å². The van der Waals surface area contributed by atoms with Crippen LogP contribution < -0.4 is 5.32 Å². The molecule has 0 bridgehead atoms. The van der Waals surface area contributed by atoms with Crippen LogP contribution in [-0.2, 0) is 14.8 Å². The number of nitrogens with zero attached hydrogens (tertiary/aromatic N) is 2. The number of likely N-dealkylation sites (N-methyl/N-ethyl adjacent to an activating group) is 1. The third kappa shape index (κ3) is 5.53. The molecule has 1 aromatic rings. The highest BCUT2D eigenvalue weighted by atomic mass is 32.2. The van der Waals surface area contributed by atoms with Gasteiger partial charge in [0.25, 0.3) is 0 Å². The molecule has 1 aromatic carbocycles. The van der Waals surface area contributed by atoms with Crippen LogP contribution in [0.25, 0.3) is 0 Å². The van der Waals surface area contributed by atoms with E-state index in [-0.39, 0.29) is 16.8 Å². The molecule has 0 saturated heterocycles. The van der Waals surface area contributed by atoms with Gasteiger partial charge in [0.1, 0.15) is 0 Å². The molecule has 0 atom stereocenters. The van der Waals surface area contributed by atoms with Gasteiger partial charge in [0.2, 0.25) is 15.9 Å². The van der Waals surface area contributed by atoms with E-state index in [0.717, 1.165) is 6.54 Å². The van der Waals surface area contributed by atoms with Crippen molar-refractivity contribution in [1.82, 2.24) is 9.21 Å². The van der Waals surface area contributed by atoms with Crippen molar-refractivity contribution in [2.75, 3.05) is 32.5 Å². The summed E-state index contributed by atoms with van der Waals surface area (Å²) in [6.45, 7) is 4.95. The molecule has 2 rings (SSSR count). The van der Waals surface area contributed by atoms with E-state index in [4.69, 9.17) is 0 Å². The van der Waals surface area contributed by atoms with E-state index < -0.39 is 10.0 Å². The quantitative estimate of drug-likeness (QED) is 0.752. The standard InChI is InChI=1S/C19H31N3O3S/c1-15(2)22(4)26(24,25)18-11-9-17(10-12-18)20-19(23)14-21(3)13-16-7-5-6-8-16/h9-12,15-16H,5-8,13-14H2,1-4H3,(H,20,23). The number of carbonyl (C=O) groups excluding carboxylic acids is 1. The van der Waals surface area contributed by atoms with Crippen LogP contribution in [0.15, 0.2) is 29.2 Å². The molecule has 6 nitrogen and oxygen atoms in total. The van der Waals surface area contributed by atoms with E-state index in [1.54, 1.807) is 19.2 Å². The van der Waals surface area contributed by atoms with Crippen molar-refractivity contribution in [3.8, 4) is 0 Å². The predicted molar refractivity (Wildman–Crippen MR) is 105 cm³/mol. The number of hydrogen-bond acceptors (Lipinski definition) is 4. The summed E-state index contributed by atoms with van der Waals surface area (Å²) in [5.41, 5.74) is 0.607. The zero-order valence-electron chi connectivity index (χ0n) is 16.2. The lowest BCUT2D eigenvalue weighted by atomic mass is 10.1. The minimum absolute atomic E-state index is 0.0830. The number of hydrogen-bond donors (Lipinski definition) is 1. The van der Waals surface area contributed by atoms with Gasteiger partial charge in [-0.3, -0.25) is 9.69 Å². The molecule has 0 unspecified atom stereocenters. The number of anilines is 1. The molecule has 0 heterocycles. The number of nitrogens with one attached hydrogen (secondary N) is 1. The summed E-state index contributed by atoms with van der Waals surface area (Å²) in [5, 5.41) is 2.84. The first-order chi connectivity index (χ1) is 12.2. The molecule has 26 heavy (non-hydrogen) atoms. The molecule has 0 radical (unpaired) electrons. The van der Waals surface area contributed by atoms with E-state index in [9.17, 15) is 13.2 Å². The molecule has 0 spiro atoms. The SMILES string of the molecule is CC(C)N(C)S(=O)(=O)c1ccc(NC(=O)CN(C)CC2CCCC2)cc1. The molecule has 1 aliphatic carbocycles. The summed E-state index contributed by atoms with van der Waals surface area (Å²) in [4.78, 5) is 14.5. The van der Waals surface area contributed by atoms with Crippen molar-refractivity contribution in [3.63, 3.8) is 0 Å². The Morgan fingerprint density at radius 2 is 1.73 bits per heavy atom. The van der Waals surface area contributed by atoms with Gasteiger partial charge < -0.3 is 5.32 Å². The van der Waals surface area contributed by atoms with Crippen LogP contribution in [0, 0.1) is 5.92 Å². The first-order valence-electron chi connectivity index (χ1n) is 9.26. The maximum Gasteiger partial charge on any atom is 0.243 e. The van der Waals surface area contributed by atoms with Crippen molar-refractivity contribution < 1.29 is 13.2 Å². The van der Waals surface area contributed by atoms with Gasteiger partial charge in [0.05, 0.1) is 11.4 Å². The maximum absolute atomic E-state index is 12.4. The summed E-state index contributed by atoms with van der Waals surface area (Å²) < 4.78 is 26.2. The molecule has 1 saturated carbocycles. The molecule has 0 aliphatic heterocycles. The highest BCUT2D eigenvalue weighted by Gasteiger charge is 2.23. The number of sulfonamides is 1. The molecule has 7 heteroatoms. The Hall–Kier alpha value is -1.44. The van der Waals surface area contributed by atoms with Gasteiger partial charge in [-0.05, 0) is 63.9 Å². The normalized spacial score (nSPS) is 16.0. The van der Waals surface area contributed by atoms with Crippen LogP contribution in [0.4, 0.5) is 5.69 Å². The molecule has 146 valence electrons. The molecule has 1 fully saturated rings. The molecular formula is C19H31N3O3S. The first-order valence-corrected chi connectivity index (χ1v) is 10.7.